The minimum atomic E-state index is -0.398. The first-order valence-corrected chi connectivity index (χ1v) is 11.8. The first-order valence-electron chi connectivity index (χ1n) is 11.8. The Morgan fingerprint density at radius 1 is 1.03 bits per heavy atom. The van der Waals surface area contributed by atoms with Crippen molar-refractivity contribution in [3.8, 4) is 5.75 Å². The van der Waals surface area contributed by atoms with Crippen LogP contribution in [0.2, 0.25) is 0 Å². The van der Waals surface area contributed by atoms with E-state index in [1.807, 2.05) is 32.0 Å². The molecule has 2 aromatic rings. The maximum atomic E-state index is 13.4. The molecule has 4 amide bonds. The lowest BCUT2D eigenvalue weighted by Crippen LogP contribution is -2.53. The zero-order valence-corrected chi connectivity index (χ0v) is 20.5. The van der Waals surface area contributed by atoms with Gasteiger partial charge in [-0.05, 0) is 68.1 Å². The van der Waals surface area contributed by atoms with E-state index in [1.165, 1.54) is 0 Å². The molecule has 35 heavy (non-hydrogen) atoms. The first-order chi connectivity index (χ1) is 16.7. The van der Waals surface area contributed by atoms with Crippen molar-refractivity contribution in [3.05, 3.63) is 53.1 Å². The predicted octanol–water partition coefficient (Wildman–Crippen LogP) is 3.46. The molecular weight excluding hydrogens is 448 g/mol. The molecule has 3 N–H and O–H groups in total. The molecule has 1 fully saturated rings. The lowest BCUT2D eigenvalue weighted by molar-refractivity contribution is -0.133. The zero-order valence-electron chi connectivity index (χ0n) is 20.5. The van der Waals surface area contributed by atoms with Gasteiger partial charge in [0.15, 0.2) is 0 Å². The van der Waals surface area contributed by atoms with Crippen molar-refractivity contribution in [3.63, 3.8) is 0 Å². The summed E-state index contributed by atoms with van der Waals surface area (Å²) in [5.74, 6) is 0.149. The highest BCUT2D eigenvalue weighted by molar-refractivity contribution is 6.02. The number of likely N-dealkylation sites (N-methyl/N-ethyl adjacent to an activating group) is 1. The minimum absolute atomic E-state index is 0.0726. The van der Waals surface area contributed by atoms with Gasteiger partial charge in [-0.2, -0.15) is 0 Å². The molecule has 0 radical (unpaired) electrons. The predicted molar refractivity (Wildman–Crippen MR) is 133 cm³/mol. The van der Waals surface area contributed by atoms with Gasteiger partial charge < -0.3 is 30.3 Å². The Labute approximate surface area is 205 Å². The Morgan fingerprint density at radius 2 is 1.74 bits per heavy atom. The van der Waals surface area contributed by atoms with Crippen molar-refractivity contribution in [1.82, 2.24) is 10.2 Å². The first kappa shape index (κ1) is 24.5. The number of aryl methyl sites for hydroxylation is 2. The normalized spacial score (nSPS) is 21.5. The fourth-order valence-electron chi connectivity index (χ4n) is 4.75. The highest BCUT2D eigenvalue weighted by Crippen LogP contribution is 2.32. The standard InChI is InChI=1S/C26H32N4O5/c1-15-9-16(2)11-18(10-15)29-26(33)28-17-5-8-22-20(12-17)25(32)30(4)21-7-6-19(13-24(31)27-3)35-23(21)14-34-22/h5,8-12,19,21,23H,6-7,13-14H2,1-4H3,(H,27,31)(H2,28,29,33)/t19-,21-,23-/m0/s1. The van der Waals surface area contributed by atoms with E-state index in [9.17, 15) is 14.4 Å². The molecule has 9 nitrogen and oxygen atoms in total. The van der Waals surface area contributed by atoms with Crippen molar-refractivity contribution >= 4 is 29.2 Å². The topological polar surface area (TPSA) is 109 Å². The molecule has 2 heterocycles. The molecule has 2 aliphatic heterocycles. The summed E-state index contributed by atoms with van der Waals surface area (Å²) in [6, 6.07) is 10.3. The molecule has 3 atom stereocenters. The highest BCUT2D eigenvalue weighted by Gasteiger charge is 2.39. The van der Waals surface area contributed by atoms with Gasteiger partial charge in [0.25, 0.3) is 5.91 Å². The summed E-state index contributed by atoms with van der Waals surface area (Å²) in [6.45, 7) is 4.20. The number of ether oxygens (including phenoxy) is 2. The van der Waals surface area contributed by atoms with Gasteiger partial charge in [-0.15, -0.1) is 0 Å². The van der Waals surface area contributed by atoms with E-state index in [1.54, 1.807) is 37.2 Å². The summed E-state index contributed by atoms with van der Waals surface area (Å²) in [5.41, 5.74) is 3.67. The molecule has 0 aromatic heterocycles. The quantitative estimate of drug-likeness (QED) is 0.621. The summed E-state index contributed by atoms with van der Waals surface area (Å²) in [4.78, 5) is 39.4. The van der Waals surface area contributed by atoms with Crippen LogP contribution in [0.5, 0.6) is 5.75 Å². The molecule has 4 rings (SSSR count). The lowest BCUT2D eigenvalue weighted by Gasteiger charge is -2.42. The number of nitrogens with one attached hydrogen (secondary N) is 3. The second-order valence-electron chi connectivity index (χ2n) is 9.21. The molecule has 0 spiro atoms. The van der Waals surface area contributed by atoms with Crippen LogP contribution < -0.4 is 20.7 Å². The van der Waals surface area contributed by atoms with E-state index in [4.69, 9.17) is 9.47 Å². The van der Waals surface area contributed by atoms with Crippen LogP contribution in [0.3, 0.4) is 0 Å². The number of carbonyl (C=O) groups is 3. The number of rotatable bonds is 4. The summed E-state index contributed by atoms with van der Waals surface area (Å²) in [6.07, 6.45) is 1.14. The van der Waals surface area contributed by atoms with Gasteiger partial charge in [-0.25, -0.2) is 4.79 Å². The van der Waals surface area contributed by atoms with Gasteiger partial charge in [-0.1, -0.05) is 6.07 Å². The van der Waals surface area contributed by atoms with E-state index in [0.29, 0.717) is 35.5 Å². The van der Waals surface area contributed by atoms with Crippen molar-refractivity contribution in [2.45, 2.75) is 51.4 Å². The molecule has 0 bridgehead atoms. The number of fused-ring (bicyclic) bond motifs is 2. The molecule has 0 saturated carbocycles. The number of hydrogen-bond acceptors (Lipinski definition) is 5. The minimum Gasteiger partial charge on any atom is -0.490 e. The Balaban J connectivity index is 1.47. The lowest BCUT2D eigenvalue weighted by atomic mass is 9.94. The van der Waals surface area contributed by atoms with Crippen LogP contribution in [-0.4, -0.2) is 61.7 Å². The van der Waals surface area contributed by atoms with Crippen molar-refractivity contribution in [1.29, 1.82) is 0 Å². The van der Waals surface area contributed by atoms with Gasteiger partial charge in [0, 0.05) is 25.5 Å². The number of hydrogen-bond donors (Lipinski definition) is 3. The van der Waals surface area contributed by atoms with Crippen molar-refractivity contribution < 1.29 is 23.9 Å². The summed E-state index contributed by atoms with van der Waals surface area (Å²) in [7, 11) is 3.36. The van der Waals surface area contributed by atoms with Gasteiger partial charge in [-0.3, -0.25) is 9.59 Å². The fraction of sp³-hybridized carbons (Fsp3) is 0.423. The molecule has 2 aromatic carbocycles. The van der Waals surface area contributed by atoms with E-state index in [0.717, 1.165) is 11.1 Å². The van der Waals surface area contributed by atoms with Gasteiger partial charge in [0.05, 0.1) is 24.1 Å². The number of benzene rings is 2. The Morgan fingerprint density at radius 3 is 2.46 bits per heavy atom. The van der Waals surface area contributed by atoms with Gasteiger partial charge >= 0.3 is 6.03 Å². The SMILES string of the molecule is CNC(=O)C[C@@H]1CC[C@H]2[C@H](COc3ccc(NC(=O)Nc4cc(C)cc(C)c4)cc3C(=O)N2C)O1. The molecule has 2 aliphatic rings. The third-order valence-corrected chi connectivity index (χ3v) is 6.44. The van der Waals surface area contributed by atoms with Crippen LogP contribution in [0.15, 0.2) is 36.4 Å². The summed E-state index contributed by atoms with van der Waals surface area (Å²) in [5, 5.41) is 8.25. The van der Waals surface area contributed by atoms with E-state index in [2.05, 4.69) is 16.0 Å². The molecule has 9 heteroatoms. The average Bonchev–Trinajstić information content (AvgIpc) is 2.81. The number of urea groups is 1. The van der Waals surface area contributed by atoms with Gasteiger partial charge in [0.1, 0.15) is 18.5 Å². The van der Waals surface area contributed by atoms with Crippen LogP contribution in [0.25, 0.3) is 0 Å². The van der Waals surface area contributed by atoms with E-state index in [-0.39, 0.29) is 43.1 Å². The summed E-state index contributed by atoms with van der Waals surface area (Å²) >= 11 is 0. The van der Waals surface area contributed by atoms with Crippen LogP contribution in [0.1, 0.15) is 40.7 Å². The Hall–Kier alpha value is -3.59. The number of anilines is 2. The highest BCUT2D eigenvalue weighted by atomic mass is 16.5. The molecule has 186 valence electrons. The largest absolute Gasteiger partial charge is 0.490 e. The van der Waals surface area contributed by atoms with Crippen molar-refractivity contribution in [2.75, 3.05) is 31.3 Å². The average molecular weight is 481 g/mol. The smallest absolute Gasteiger partial charge is 0.323 e. The molecule has 1 saturated heterocycles. The third kappa shape index (κ3) is 5.74. The van der Waals surface area contributed by atoms with E-state index >= 15 is 0 Å². The van der Waals surface area contributed by atoms with Crippen LogP contribution >= 0.6 is 0 Å². The molecular formula is C26H32N4O5. The number of carbonyl (C=O) groups excluding carboxylic acids is 3. The number of amides is 4. The second kappa shape index (κ2) is 10.4. The maximum absolute atomic E-state index is 13.4. The zero-order chi connectivity index (χ0) is 25.1. The maximum Gasteiger partial charge on any atom is 0.323 e. The van der Waals surface area contributed by atoms with Crippen LogP contribution in [0, 0.1) is 13.8 Å². The van der Waals surface area contributed by atoms with Crippen molar-refractivity contribution in [2.24, 2.45) is 0 Å². The second-order valence-corrected chi connectivity index (χ2v) is 9.21. The molecule has 0 unspecified atom stereocenters. The fourth-order valence-corrected chi connectivity index (χ4v) is 4.75. The van der Waals surface area contributed by atoms with E-state index < -0.39 is 6.03 Å². The Kier molecular flexibility index (Phi) is 7.25. The third-order valence-electron chi connectivity index (χ3n) is 6.44. The summed E-state index contributed by atoms with van der Waals surface area (Å²) < 4.78 is 12.1. The Bertz CT molecular complexity index is 1110. The number of nitrogens with zero attached hydrogens (tertiary/aromatic N) is 1. The van der Waals surface area contributed by atoms with Gasteiger partial charge in [0.2, 0.25) is 5.91 Å². The van der Waals surface area contributed by atoms with Crippen LogP contribution in [0.4, 0.5) is 16.2 Å². The monoisotopic (exact) mass is 480 g/mol. The molecule has 0 aliphatic carbocycles. The van der Waals surface area contributed by atoms with Crippen LogP contribution in [-0.2, 0) is 9.53 Å².